The highest BCUT2D eigenvalue weighted by atomic mass is 16.3. The second-order valence-corrected chi connectivity index (χ2v) is 4.11. The van der Waals surface area contributed by atoms with E-state index in [2.05, 4.69) is 16.0 Å². The topological polar surface area (TPSA) is 90.5 Å². The summed E-state index contributed by atoms with van der Waals surface area (Å²) in [6, 6.07) is -0.337. The van der Waals surface area contributed by atoms with Gasteiger partial charge in [-0.2, -0.15) is 0 Å². The van der Waals surface area contributed by atoms with E-state index in [0.717, 1.165) is 5.57 Å². The Morgan fingerprint density at radius 2 is 1.94 bits per heavy atom. The Morgan fingerprint density at radius 3 is 2.47 bits per heavy atom. The summed E-state index contributed by atoms with van der Waals surface area (Å²) >= 11 is 0. The SMILES string of the molecule is CNC(=O)NC1=C([C@H](C)C(=O)NC)CC(O)C1. The van der Waals surface area contributed by atoms with Gasteiger partial charge in [-0.05, 0) is 18.9 Å². The van der Waals surface area contributed by atoms with Crippen molar-refractivity contribution in [3.05, 3.63) is 11.3 Å². The molecule has 0 fully saturated rings. The van der Waals surface area contributed by atoms with Gasteiger partial charge in [-0.25, -0.2) is 4.79 Å². The predicted octanol–water partition coefficient (Wildman–Crippen LogP) is -0.294. The minimum absolute atomic E-state index is 0.120. The number of amides is 3. The number of rotatable bonds is 3. The van der Waals surface area contributed by atoms with E-state index in [0.29, 0.717) is 18.5 Å². The zero-order chi connectivity index (χ0) is 13.0. The highest BCUT2D eigenvalue weighted by molar-refractivity contribution is 5.82. The summed E-state index contributed by atoms with van der Waals surface area (Å²) in [6.45, 7) is 1.76. The van der Waals surface area contributed by atoms with Gasteiger partial charge in [0.1, 0.15) is 0 Å². The number of nitrogens with one attached hydrogen (secondary N) is 3. The van der Waals surface area contributed by atoms with Crippen molar-refractivity contribution in [2.24, 2.45) is 5.92 Å². The molecule has 0 spiro atoms. The Hall–Kier alpha value is -1.56. The van der Waals surface area contributed by atoms with Crippen molar-refractivity contribution in [2.45, 2.75) is 25.9 Å². The van der Waals surface area contributed by atoms with E-state index in [1.807, 2.05) is 0 Å². The van der Waals surface area contributed by atoms with Gasteiger partial charge in [0, 0.05) is 26.2 Å². The largest absolute Gasteiger partial charge is 0.392 e. The fourth-order valence-electron chi connectivity index (χ4n) is 1.96. The Balaban J connectivity index is 2.85. The molecule has 6 nitrogen and oxygen atoms in total. The highest BCUT2D eigenvalue weighted by Gasteiger charge is 2.29. The Bertz CT molecular complexity index is 352. The normalized spacial score (nSPS) is 21.1. The molecule has 0 aromatic heterocycles. The van der Waals surface area contributed by atoms with Crippen LogP contribution in [0.4, 0.5) is 4.79 Å². The van der Waals surface area contributed by atoms with E-state index < -0.39 is 6.10 Å². The molecular formula is C11H19N3O3. The number of urea groups is 1. The Morgan fingerprint density at radius 1 is 1.29 bits per heavy atom. The lowest BCUT2D eigenvalue weighted by Crippen LogP contribution is -2.33. The van der Waals surface area contributed by atoms with Crippen LogP contribution >= 0.6 is 0 Å². The van der Waals surface area contributed by atoms with E-state index in [-0.39, 0.29) is 17.9 Å². The van der Waals surface area contributed by atoms with E-state index >= 15 is 0 Å². The lowest BCUT2D eigenvalue weighted by atomic mass is 9.98. The third kappa shape index (κ3) is 3.20. The summed E-state index contributed by atoms with van der Waals surface area (Å²) in [4.78, 5) is 22.8. The molecule has 0 aromatic carbocycles. The molecule has 0 aromatic rings. The van der Waals surface area contributed by atoms with Crippen LogP contribution in [0.1, 0.15) is 19.8 Å². The molecule has 1 aliphatic carbocycles. The number of carbonyl (C=O) groups is 2. The second kappa shape index (κ2) is 5.67. The fraction of sp³-hybridized carbons (Fsp3) is 0.636. The minimum atomic E-state index is -0.524. The van der Waals surface area contributed by atoms with Gasteiger partial charge >= 0.3 is 6.03 Å². The summed E-state index contributed by atoms with van der Waals surface area (Å²) in [6.07, 6.45) is 0.280. The van der Waals surface area contributed by atoms with Crippen LogP contribution < -0.4 is 16.0 Å². The summed E-state index contributed by atoms with van der Waals surface area (Å²) in [5, 5.41) is 17.3. The van der Waals surface area contributed by atoms with Gasteiger partial charge in [-0.1, -0.05) is 0 Å². The average molecular weight is 241 g/mol. The van der Waals surface area contributed by atoms with Crippen LogP contribution in [0.3, 0.4) is 0 Å². The van der Waals surface area contributed by atoms with Gasteiger partial charge in [0.15, 0.2) is 0 Å². The number of hydrogen-bond acceptors (Lipinski definition) is 3. The molecule has 1 rings (SSSR count). The molecule has 0 saturated heterocycles. The summed E-state index contributed by atoms with van der Waals surface area (Å²) in [5.74, 6) is -0.463. The van der Waals surface area contributed by atoms with Gasteiger partial charge in [0.05, 0.1) is 12.0 Å². The maximum absolute atomic E-state index is 11.6. The first-order chi connectivity index (χ1) is 7.99. The third-order valence-corrected chi connectivity index (χ3v) is 2.94. The molecule has 1 unspecified atom stereocenters. The molecule has 2 atom stereocenters. The molecule has 0 heterocycles. The van der Waals surface area contributed by atoms with Crippen LogP contribution in [0.2, 0.25) is 0 Å². The number of aliphatic hydroxyl groups is 1. The molecular weight excluding hydrogens is 222 g/mol. The first kappa shape index (κ1) is 13.5. The molecule has 4 N–H and O–H groups in total. The van der Waals surface area contributed by atoms with Crippen molar-refractivity contribution >= 4 is 11.9 Å². The molecule has 6 heteroatoms. The van der Waals surface area contributed by atoms with Gasteiger partial charge in [-0.15, -0.1) is 0 Å². The van der Waals surface area contributed by atoms with Crippen LogP contribution in [0.25, 0.3) is 0 Å². The van der Waals surface area contributed by atoms with Crippen molar-refractivity contribution in [3.63, 3.8) is 0 Å². The van der Waals surface area contributed by atoms with Crippen LogP contribution in [0, 0.1) is 5.92 Å². The van der Waals surface area contributed by atoms with Crippen LogP contribution in [-0.2, 0) is 4.79 Å². The lowest BCUT2D eigenvalue weighted by Gasteiger charge is -2.14. The number of hydrogen-bond donors (Lipinski definition) is 4. The predicted molar refractivity (Wildman–Crippen MR) is 63.1 cm³/mol. The smallest absolute Gasteiger partial charge is 0.318 e. The van der Waals surface area contributed by atoms with Gasteiger partial charge in [-0.3, -0.25) is 4.79 Å². The highest BCUT2D eigenvalue weighted by Crippen LogP contribution is 2.30. The third-order valence-electron chi connectivity index (χ3n) is 2.94. The van der Waals surface area contributed by atoms with E-state index in [9.17, 15) is 14.7 Å². The van der Waals surface area contributed by atoms with Crippen molar-refractivity contribution in [1.82, 2.24) is 16.0 Å². The van der Waals surface area contributed by atoms with Crippen LogP contribution in [0.5, 0.6) is 0 Å². The first-order valence-electron chi connectivity index (χ1n) is 5.59. The molecule has 96 valence electrons. The summed E-state index contributed by atoms with van der Waals surface area (Å²) in [7, 11) is 3.08. The lowest BCUT2D eigenvalue weighted by molar-refractivity contribution is -0.123. The molecule has 0 radical (unpaired) electrons. The van der Waals surface area contributed by atoms with Gasteiger partial charge in [0.25, 0.3) is 0 Å². The minimum Gasteiger partial charge on any atom is -0.392 e. The number of aliphatic hydroxyl groups excluding tert-OH is 1. The van der Waals surface area contributed by atoms with E-state index in [1.54, 1.807) is 14.0 Å². The van der Waals surface area contributed by atoms with Gasteiger partial charge in [0.2, 0.25) is 5.91 Å². The van der Waals surface area contributed by atoms with Crippen molar-refractivity contribution in [1.29, 1.82) is 0 Å². The molecule has 0 aliphatic heterocycles. The molecule has 17 heavy (non-hydrogen) atoms. The summed E-state index contributed by atoms with van der Waals surface area (Å²) < 4.78 is 0. The average Bonchev–Trinajstić information content (AvgIpc) is 2.67. The fourth-order valence-corrected chi connectivity index (χ4v) is 1.96. The van der Waals surface area contributed by atoms with Crippen molar-refractivity contribution in [2.75, 3.05) is 14.1 Å². The monoisotopic (exact) mass is 241 g/mol. The molecule has 0 saturated carbocycles. The molecule has 0 bridgehead atoms. The first-order valence-corrected chi connectivity index (χ1v) is 5.59. The molecule has 3 amide bonds. The zero-order valence-corrected chi connectivity index (χ0v) is 10.3. The van der Waals surface area contributed by atoms with E-state index in [1.165, 1.54) is 7.05 Å². The Kier molecular flexibility index (Phi) is 4.51. The van der Waals surface area contributed by atoms with Crippen molar-refractivity contribution < 1.29 is 14.7 Å². The Labute approximate surface area is 100 Å². The quantitative estimate of drug-likeness (QED) is 0.547. The maximum Gasteiger partial charge on any atom is 0.318 e. The van der Waals surface area contributed by atoms with Crippen molar-refractivity contribution in [3.8, 4) is 0 Å². The zero-order valence-electron chi connectivity index (χ0n) is 10.3. The molecule has 1 aliphatic rings. The van der Waals surface area contributed by atoms with Crippen LogP contribution in [-0.4, -0.2) is 37.2 Å². The number of carbonyl (C=O) groups excluding carboxylic acids is 2. The standard InChI is InChI=1S/C11H19N3O3/c1-6(10(16)12-2)8-4-7(15)5-9(8)14-11(17)13-3/h6-7,15H,4-5H2,1-3H3,(H,12,16)(H2,13,14,17)/t6-,7?/m0/s1. The maximum atomic E-state index is 11.6. The summed E-state index contributed by atoms with van der Waals surface area (Å²) in [5.41, 5.74) is 1.44. The van der Waals surface area contributed by atoms with Crippen LogP contribution in [0.15, 0.2) is 11.3 Å². The van der Waals surface area contributed by atoms with Gasteiger partial charge < -0.3 is 21.1 Å². The van der Waals surface area contributed by atoms with E-state index in [4.69, 9.17) is 0 Å². The second-order valence-electron chi connectivity index (χ2n) is 4.11.